The summed E-state index contributed by atoms with van der Waals surface area (Å²) in [6.45, 7) is 1.60. The van der Waals surface area contributed by atoms with E-state index in [2.05, 4.69) is 0 Å². The van der Waals surface area contributed by atoms with Crippen molar-refractivity contribution in [2.75, 3.05) is 18.2 Å². The second-order valence-electron chi connectivity index (χ2n) is 2.02. The van der Waals surface area contributed by atoms with Crippen LogP contribution in [0.15, 0.2) is 0 Å². The minimum atomic E-state index is -3.74. The van der Waals surface area contributed by atoms with E-state index in [-0.39, 0.29) is 22.7 Å². The van der Waals surface area contributed by atoms with Gasteiger partial charge in [-0.2, -0.15) is 0 Å². The lowest BCUT2D eigenvalue weighted by Crippen LogP contribution is -2.26. The van der Waals surface area contributed by atoms with Crippen LogP contribution in [0.25, 0.3) is 0 Å². The lowest BCUT2D eigenvalue weighted by atomic mass is 10.5. The van der Waals surface area contributed by atoms with Gasteiger partial charge in [0.15, 0.2) is 0 Å². The first kappa shape index (κ1) is 11.1. The average Bonchev–Trinajstić information content (AvgIpc) is 1.88. The molecule has 0 fully saturated rings. The SMILES string of the molecule is CCCN(F)S(=O)(=O)CCCl. The molecule has 0 aromatic carbocycles. The molecule has 0 rings (SSSR count). The van der Waals surface area contributed by atoms with Crippen LogP contribution >= 0.6 is 11.6 Å². The Kier molecular flexibility index (Phi) is 4.96. The summed E-state index contributed by atoms with van der Waals surface area (Å²) in [6, 6.07) is 0. The molecule has 0 unspecified atom stereocenters. The van der Waals surface area contributed by atoms with E-state index in [1.807, 2.05) is 0 Å². The molecule has 0 heterocycles. The molecule has 0 bridgehead atoms. The highest BCUT2D eigenvalue weighted by molar-refractivity contribution is 7.89. The molecule has 0 amide bonds. The molecule has 0 radical (unpaired) electrons. The molecule has 68 valence electrons. The Hall–Kier alpha value is 0.130. The van der Waals surface area contributed by atoms with E-state index < -0.39 is 10.0 Å². The highest BCUT2D eigenvalue weighted by Crippen LogP contribution is 2.03. The van der Waals surface area contributed by atoms with Crippen LogP contribution in [0.2, 0.25) is 0 Å². The van der Waals surface area contributed by atoms with Crippen molar-refractivity contribution in [1.29, 1.82) is 0 Å². The third kappa shape index (κ3) is 3.88. The Balaban J connectivity index is 4.07. The van der Waals surface area contributed by atoms with Gasteiger partial charge in [-0.1, -0.05) is 6.92 Å². The molecule has 0 N–H and O–H groups in total. The second-order valence-corrected chi connectivity index (χ2v) is 4.36. The van der Waals surface area contributed by atoms with Crippen LogP contribution in [0.1, 0.15) is 13.3 Å². The van der Waals surface area contributed by atoms with Crippen molar-refractivity contribution in [2.45, 2.75) is 13.3 Å². The van der Waals surface area contributed by atoms with Crippen molar-refractivity contribution in [3.8, 4) is 0 Å². The van der Waals surface area contributed by atoms with Crippen molar-refractivity contribution in [3.63, 3.8) is 0 Å². The van der Waals surface area contributed by atoms with E-state index in [9.17, 15) is 12.9 Å². The monoisotopic (exact) mass is 203 g/mol. The third-order valence-electron chi connectivity index (χ3n) is 1.04. The van der Waals surface area contributed by atoms with Crippen LogP contribution in [0.3, 0.4) is 0 Å². The van der Waals surface area contributed by atoms with Gasteiger partial charge in [0.1, 0.15) is 0 Å². The smallest absolute Gasteiger partial charge is 0.210 e. The van der Waals surface area contributed by atoms with Gasteiger partial charge in [-0.15, -0.1) is 16.1 Å². The first-order valence-electron chi connectivity index (χ1n) is 3.26. The molecule has 0 aromatic rings. The Bertz CT molecular complexity index is 195. The summed E-state index contributed by atoms with van der Waals surface area (Å²) in [5.41, 5.74) is 0. The number of hydrogen-bond donors (Lipinski definition) is 0. The molecular weight excluding hydrogens is 193 g/mol. The van der Waals surface area contributed by atoms with Crippen molar-refractivity contribution in [1.82, 2.24) is 4.53 Å². The number of nitrogens with zero attached hydrogens (tertiary/aromatic N) is 1. The molecule has 0 saturated carbocycles. The summed E-state index contributed by atoms with van der Waals surface area (Å²) in [7, 11) is -3.74. The normalized spacial score (nSPS) is 12.4. The fourth-order valence-electron chi connectivity index (χ4n) is 0.511. The second kappa shape index (κ2) is 4.90. The largest absolute Gasteiger partial charge is 0.241 e. The van der Waals surface area contributed by atoms with Crippen molar-refractivity contribution < 1.29 is 12.9 Å². The maximum atomic E-state index is 12.6. The minimum absolute atomic E-state index is 0.0769. The van der Waals surface area contributed by atoms with E-state index in [0.29, 0.717) is 6.42 Å². The van der Waals surface area contributed by atoms with E-state index >= 15 is 0 Å². The Morgan fingerprint density at radius 1 is 1.55 bits per heavy atom. The minimum Gasteiger partial charge on any atom is -0.210 e. The van der Waals surface area contributed by atoms with Crippen LogP contribution in [0.5, 0.6) is 0 Å². The third-order valence-corrected chi connectivity index (χ3v) is 2.96. The quantitative estimate of drug-likeness (QED) is 0.497. The van der Waals surface area contributed by atoms with Crippen molar-refractivity contribution >= 4 is 21.6 Å². The molecule has 3 nitrogen and oxygen atoms in total. The van der Waals surface area contributed by atoms with Gasteiger partial charge in [0.05, 0.1) is 5.75 Å². The fraction of sp³-hybridized carbons (Fsp3) is 1.00. The van der Waals surface area contributed by atoms with Crippen LogP contribution < -0.4 is 0 Å². The Morgan fingerprint density at radius 2 is 2.09 bits per heavy atom. The lowest BCUT2D eigenvalue weighted by molar-refractivity contribution is 0.139. The number of alkyl halides is 1. The number of hydrogen-bond acceptors (Lipinski definition) is 2. The molecule has 0 spiro atoms. The van der Waals surface area contributed by atoms with Gasteiger partial charge >= 0.3 is 0 Å². The topological polar surface area (TPSA) is 37.4 Å². The summed E-state index contributed by atoms with van der Waals surface area (Å²) < 4.78 is 34.0. The van der Waals surface area contributed by atoms with Crippen LogP contribution in [-0.4, -0.2) is 31.1 Å². The number of rotatable bonds is 5. The van der Waals surface area contributed by atoms with Gasteiger partial charge in [0.25, 0.3) is 0 Å². The van der Waals surface area contributed by atoms with Crippen LogP contribution in [0.4, 0.5) is 4.48 Å². The first-order valence-corrected chi connectivity index (χ1v) is 5.41. The van der Waals surface area contributed by atoms with E-state index in [0.717, 1.165) is 0 Å². The summed E-state index contributed by atoms with van der Waals surface area (Å²) in [5.74, 6) is -0.419. The van der Waals surface area contributed by atoms with Crippen molar-refractivity contribution in [2.24, 2.45) is 0 Å². The molecule has 6 heteroatoms. The molecule has 11 heavy (non-hydrogen) atoms. The fourth-order valence-corrected chi connectivity index (χ4v) is 1.95. The zero-order chi connectivity index (χ0) is 8.91. The molecule has 0 atom stereocenters. The standard InChI is InChI=1S/C5H11ClFNO2S/c1-2-4-8(7)11(9,10)5-3-6/h2-5H2,1H3. The summed E-state index contributed by atoms with van der Waals surface area (Å²) in [6.07, 6.45) is 0.456. The molecule has 0 aliphatic rings. The van der Waals surface area contributed by atoms with Gasteiger partial charge < -0.3 is 0 Å². The van der Waals surface area contributed by atoms with Crippen LogP contribution in [-0.2, 0) is 10.0 Å². The zero-order valence-electron chi connectivity index (χ0n) is 6.26. The van der Waals surface area contributed by atoms with E-state index in [1.165, 1.54) is 0 Å². The zero-order valence-corrected chi connectivity index (χ0v) is 7.83. The summed E-state index contributed by atoms with van der Waals surface area (Å²) >= 11 is 5.16. The molecular formula is C5H11ClFNO2S. The van der Waals surface area contributed by atoms with E-state index in [1.54, 1.807) is 6.92 Å². The Labute approximate surface area is 71.1 Å². The van der Waals surface area contributed by atoms with Gasteiger partial charge in [-0.05, 0) is 10.9 Å². The van der Waals surface area contributed by atoms with Gasteiger partial charge in [0.2, 0.25) is 10.0 Å². The van der Waals surface area contributed by atoms with Gasteiger partial charge in [0, 0.05) is 12.4 Å². The van der Waals surface area contributed by atoms with Gasteiger partial charge in [-0.25, -0.2) is 8.42 Å². The van der Waals surface area contributed by atoms with Gasteiger partial charge in [-0.3, -0.25) is 0 Å². The molecule has 0 aliphatic heterocycles. The van der Waals surface area contributed by atoms with E-state index in [4.69, 9.17) is 11.6 Å². The molecule has 0 aliphatic carbocycles. The Morgan fingerprint density at radius 3 is 2.45 bits per heavy atom. The summed E-state index contributed by atoms with van der Waals surface area (Å²) in [5, 5.41) is 0. The first-order chi connectivity index (χ1) is 5.04. The predicted octanol–water partition coefficient (Wildman–Crippen LogP) is 1.15. The van der Waals surface area contributed by atoms with Crippen molar-refractivity contribution in [3.05, 3.63) is 0 Å². The highest BCUT2D eigenvalue weighted by Gasteiger charge is 2.19. The average molecular weight is 204 g/mol. The number of halogens is 2. The highest BCUT2D eigenvalue weighted by atomic mass is 35.5. The maximum Gasteiger partial charge on any atom is 0.241 e. The predicted molar refractivity (Wildman–Crippen MR) is 42.6 cm³/mol. The van der Waals surface area contributed by atoms with Crippen LogP contribution in [0, 0.1) is 0 Å². The number of sulfonamides is 1. The summed E-state index contributed by atoms with van der Waals surface area (Å²) in [4.78, 5) is 0. The molecule has 0 aromatic heterocycles. The lowest BCUT2D eigenvalue weighted by Gasteiger charge is -2.09. The molecule has 0 saturated heterocycles. The maximum absolute atomic E-state index is 12.6.